The molecule has 4 nitrogen and oxygen atoms in total. The number of benzene rings is 1. The van der Waals surface area contributed by atoms with Gasteiger partial charge in [-0.2, -0.15) is 0 Å². The highest BCUT2D eigenvalue weighted by atomic mass is 127. The number of nitrogens with zero attached hydrogens (tertiary/aromatic N) is 2. The average Bonchev–Trinajstić information content (AvgIpc) is 2.96. The molecular formula is C18H24Cl2IN3OS. The van der Waals surface area contributed by atoms with Crippen LogP contribution in [0.3, 0.4) is 0 Å². The Labute approximate surface area is 183 Å². The Kier molecular flexibility index (Phi) is 7.58. The number of aromatic nitrogens is 3. The minimum absolute atomic E-state index is 0.170. The van der Waals surface area contributed by atoms with Crippen molar-refractivity contribution in [1.82, 2.24) is 14.8 Å². The van der Waals surface area contributed by atoms with Crippen molar-refractivity contribution in [1.29, 1.82) is 0 Å². The monoisotopic (exact) mass is 527 g/mol. The molecule has 4 atom stereocenters. The first kappa shape index (κ1) is 22.1. The lowest BCUT2D eigenvalue weighted by atomic mass is 9.81. The number of hydrogen-bond donors (Lipinski definition) is 2. The molecule has 1 aromatic carbocycles. The van der Waals surface area contributed by atoms with Gasteiger partial charge >= 0.3 is 0 Å². The van der Waals surface area contributed by atoms with Crippen LogP contribution in [0.25, 0.3) is 0 Å². The van der Waals surface area contributed by atoms with Crippen molar-refractivity contribution >= 4 is 58.0 Å². The molecule has 1 heterocycles. The third-order valence-electron chi connectivity index (χ3n) is 4.53. The van der Waals surface area contributed by atoms with Gasteiger partial charge in [-0.15, -0.1) is 0 Å². The molecule has 0 spiro atoms. The van der Waals surface area contributed by atoms with Crippen molar-refractivity contribution in [3.63, 3.8) is 0 Å². The number of H-pyrrole nitrogens is 1. The van der Waals surface area contributed by atoms with E-state index in [4.69, 9.17) is 35.4 Å². The van der Waals surface area contributed by atoms with Gasteiger partial charge in [0.2, 0.25) is 4.77 Å². The standard InChI is InChI=1S/C18H24Cl2IN3OS/c1-10(15(21)12-6-5-11(19)8-13(12)20)7-14(16(25)18(2,3)4)24-17(26)22-9-23-24/h5-6,8-10,14-16,25H,7H2,1-4H3,(H,22,23,26)/t10-,14+,15?,16+/m1/s1. The topological polar surface area (TPSA) is 53.8 Å². The van der Waals surface area contributed by atoms with Gasteiger partial charge in [0.15, 0.2) is 0 Å². The SMILES string of the molecule is C[C@H](C[C@@H]([C@H](O)C(C)(C)C)n1[nH]cnc1=S)C(I)c1ccc(Cl)cc1Cl. The molecule has 2 N–H and O–H groups in total. The fraction of sp³-hybridized carbons (Fsp3) is 0.556. The molecular weight excluding hydrogens is 504 g/mol. The quantitative estimate of drug-likeness (QED) is 0.259. The summed E-state index contributed by atoms with van der Waals surface area (Å²) in [7, 11) is 0. The minimum Gasteiger partial charge on any atom is -0.390 e. The molecule has 2 rings (SSSR count). The second-order valence-corrected chi connectivity index (χ2v) is 10.2. The van der Waals surface area contributed by atoms with Crippen LogP contribution in [-0.2, 0) is 0 Å². The lowest BCUT2D eigenvalue weighted by Crippen LogP contribution is -2.37. The van der Waals surface area contributed by atoms with Gasteiger partial charge in [0.05, 0.1) is 12.1 Å². The maximum Gasteiger partial charge on any atom is 0.216 e. The Morgan fingerprint density at radius 3 is 2.50 bits per heavy atom. The zero-order valence-electron chi connectivity index (χ0n) is 15.2. The number of aliphatic hydroxyl groups is 1. The van der Waals surface area contributed by atoms with Crippen LogP contribution in [0.1, 0.15) is 49.6 Å². The molecule has 0 fully saturated rings. The van der Waals surface area contributed by atoms with Crippen LogP contribution in [0.15, 0.2) is 24.5 Å². The first-order valence-electron chi connectivity index (χ1n) is 8.41. The molecule has 8 heteroatoms. The van der Waals surface area contributed by atoms with Crippen molar-refractivity contribution in [2.75, 3.05) is 0 Å². The fourth-order valence-corrected chi connectivity index (χ4v) is 4.77. The lowest BCUT2D eigenvalue weighted by molar-refractivity contribution is 0.00395. The zero-order chi connectivity index (χ0) is 19.6. The van der Waals surface area contributed by atoms with Gasteiger partial charge in [0.1, 0.15) is 6.33 Å². The molecule has 1 aromatic heterocycles. The maximum atomic E-state index is 11.0. The summed E-state index contributed by atoms with van der Waals surface area (Å²) in [6.45, 7) is 8.22. The molecule has 0 bridgehead atoms. The second kappa shape index (κ2) is 8.90. The zero-order valence-corrected chi connectivity index (χ0v) is 19.7. The molecule has 0 aliphatic heterocycles. The van der Waals surface area contributed by atoms with Crippen LogP contribution < -0.4 is 0 Å². The lowest BCUT2D eigenvalue weighted by Gasteiger charge is -2.35. The van der Waals surface area contributed by atoms with E-state index < -0.39 is 6.10 Å². The summed E-state index contributed by atoms with van der Waals surface area (Å²) in [6.07, 6.45) is 1.70. The molecule has 0 saturated heterocycles. The van der Waals surface area contributed by atoms with Gasteiger partial charge in [-0.25, -0.2) is 4.98 Å². The van der Waals surface area contributed by atoms with Crippen molar-refractivity contribution in [3.8, 4) is 0 Å². The molecule has 2 aromatic rings. The van der Waals surface area contributed by atoms with E-state index in [-0.39, 0.29) is 21.3 Å². The summed E-state index contributed by atoms with van der Waals surface area (Å²) in [5.74, 6) is 0.237. The molecule has 1 unspecified atom stereocenters. The van der Waals surface area contributed by atoms with E-state index in [9.17, 15) is 5.11 Å². The van der Waals surface area contributed by atoms with E-state index in [2.05, 4.69) is 39.6 Å². The summed E-state index contributed by atoms with van der Waals surface area (Å²) in [5, 5.41) is 15.3. The number of hydrogen-bond acceptors (Lipinski definition) is 3. The number of aromatic amines is 1. The van der Waals surface area contributed by atoms with Gasteiger partial charge in [-0.3, -0.25) is 9.78 Å². The first-order chi connectivity index (χ1) is 12.0. The van der Waals surface area contributed by atoms with E-state index in [0.29, 0.717) is 14.8 Å². The number of nitrogens with one attached hydrogen (secondary N) is 1. The van der Waals surface area contributed by atoms with Crippen LogP contribution in [0, 0.1) is 16.1 Å². The number of alkyl halides is 1. The van der Waals surface area contributed by atoms with Gasteiger partial charge < -0.3 is 5.11 Å². The molecule has 0 amide bonds. The van der Waals surface area contributed by atoms with Gasteiger partial charge in [0.25, 0.3) is 0 Å². The molecule has 144 valence electrons. The number of aliphatic hydroxyl groups excluding tert-OH is 1. The van der Waals surface area contributed by atoms with Crippen molar-refractivity contribution < 1.29 is 5.11 Å². The van der Waals surface area contributed by atoms with E-state index in [1.807, 2.05) is 32.9 Å². The van der Waals surface area contributed by atoms with Gasteiger partial charge in [-0.1, -0.05) is 79.6 Å². The molecule has 0 aliphatic carbocycles. The van der Waals surface area contributed by atoms with Crippen LogP contribution in [-0.4, -0.2) is 26.0 Å². The van der Waals surface area contributed by atoms with Crippen molar-refractivity contribution in [2.24, 2.45) is 11.3 Å². The van der Waals surface area contributed by atoms with Gasteiger partial charge in [0, 0.05) is 14.0 Å². The number of rotatable bonds is 6. The van der Waals surface area contributed by atoms with Crippen LogP contribution in [0.4, 0.5) is 0 Å². The smallest absolute Gasteiger partial charge is 0.216 e. The maximum absolute atomic E-state index is 11.0. The highest BCUT2D eigenvalue weighted by molar-refractivity contribution is 14.1. The second-order valence-electron chi connectivity index (χ2n) is 7.70. The summed E-state index contributed by atoms with van der Waals surface area (Å²) in [4.78, 5) is 4.11. The molecule has 0 saturated carbocycles. The largest absolute Gasteiger partial charge is 0.390 e. The normalized spacial score (nSPS) is 16.9. The van der Waals surface area contributed by atoms with Crippen LogP contribution >= 0.6 is 58.0 Å². The fourth-order valence-electron chi connectivity index (χ4n) is 2.99. The number of halogens is 3. The third-order valence-corrected chi connectivity index (χ3v) is 7.30. The average molecular weight is 528 g/mol. The minimum atomic E-state index is -0.582. The molecule has 26 heavy (non-hydrogen) atoms. The van der Waals surface area contributed by atoms with E-state index in [0.717, 1.165) is 12.0 Å². The van der Waals surface area contributed by atoms with E-state index >= 15 is 0 Å². The predicted molar refractivity (Wildman–Crippen MR) is 119 cm³/mol. The molecule has 0 aliphatic rings. The van der Waals surface area contributed by atoms with Crippen LogP contribution in [0.5, 0.6) is 0 Å². The van der Waals surface area contributed by atoms with Gasteiger partial charge in [-0.05, 0) is 47.7 Å². The van der Waals surface area contributed by atoms with Crippen molar-refractivity contribution in [3.05, 3.63) is 44.9 Å². The summed E-state index contributed by atoms with van der Waals surface area (Å²) < 4.78 is 2.40. The predicted octanol–water partition coefficient (Wildman–Crippen LogP) is 6.40. The third kappa shape index (κ3) is 5.22. The first-order valence-corrected chi connectivity index (χ1v) is 10.8. The van der Waals surface area contributed by atoms with E-state index in [1.54, 1.807) is 17.1 Å². The Bertz CT molecular complexity index is 802. The summed E-state index contributed by atoms with van der Waals surface area (Å²) >= 11 is 20.1. The Balaban J connectivity index is 2.30. The summed E-state index contributed by atoms with van der Waals surface area (Å²) in [6, 6.07) is 5.38. The van der Waals surface area contributed by atoms with E-state index in [1.165, 1.54) is 0 Å². The van der Waals surface area contributed by atoms with Crippen LogP contribution in [0.2, 0.25) is 10.0 Å². The highest BCUT2D eigenvalue weighted by Gasteiger charge is 2.35. The van der Waals surface area contributed by atoms with Crippen molar-refractivity contribution in [2.45, 2.75) is 50.2 Å². The molecule has 0 radical (unpaired) electrons. The Hall–Kier alpha value is -0.150. The Morgan fingerprint density at radius 1 is 1.35 bits per heavy atom. The summed E-state index contributed by atoms with van der Waals surface area (Å²) in [5.41, 5.74) is 0.754. The highest BCUT2D eigenvalue weighted by Crippen LogP contribution is 2.42. The Morgan fingerprint density at radius 2 is 2.00 bits per heavy atom.